The number of carbonyl (C=O) groups is 1. The SMILES string of the molecule is COC(=O)NS(=O)(=O)Oc1ccc(C=Nc2ccc(Cl)cc2)cc1. The Balaban J connectivity index is 2.02. The van der Waals surface area contributed by atoms with Crippen LogP contribution in [0, 0.1) is 0 Å². The van der Waals surface area contributed by atoms with Gasteiger partial charge in [-0.15, -0.1) is 0 Å². The van der Waals surface area contributed by atoms with Crippen molar-refractivity contribution < 1.29 is 22.1 Å². The molecule has 24 heavy (non-hydrogen) atoms. The molecule has 9 heteroatoms. The largest absolute Gasteiger partial charge is 0.452 e. The quantitative estimate of drug-likeness (QED) is 0.818. The van der Waals surface area contributed by atoms with E-state index in [9.17, 15) is 13.2 Å². The van der Waals surface area contributed by atoms with Gasteiger partial charge in [-0.2, -0.15) is 13.1 Å². The summed E-state index contributed by atoms with van der Waals surface area (Å²) in [6.07, 6.45) is 0.468. The fourth-order valence-corrected chi connectivity index (χ4v) is 2.40. The molecule has 7 nitrogen and oxygen atoms in total. The molecule has 2 aromatic rings. The Labute approximate surface area is 144 Å². The van der Waals surface area contributed by atoms with E-state index in [-0.39, 0.29) is 5.75 Å². The van der Waals surface area contributed by atoms with Gasteiger partial charge < -0.3 is 8.92 Å². The van der Waals surface area contributed by atoms with Crippen molar-refractivity contribution in [3.05, 3.63) is 59.1 Å². The van der Waals surface area contributed by atoms with E-state index in [1.165, 1.54) is 12.1 Å². The maximum atomic E-state index is 11.5. The van der Waals surface area contributed by atoms with Crippen LogP contribution in [0.2, 0.25) is 5.02 Å². The number of rotatable bonds is 5. The lowest BCUT2D eigenvalue weighted by molar-refractivity contribution is 0.177. The van der Waals surface area contributed by atoms with Gasteiger partial charge in [0.2, 0.25) is 0 Å². The van der Waals surface area contributed by atoms with Gasteiger partial charge in [-0.05, 0) is 54.1 Å². The molecule has 0 spiro atoms. The Morgan fingerprint density at radius 2 is 1.75 bits per heavy atom. The first-order chi connectivity index (χ1) is 11.4. The third-order valence-corrected chi connectivity index (χ3v) is 3.75. The van der Waals surface area contributed by atoms with E-state index in [1.54, 1.807) is 47.3 Å². The van der Waals surface area contributed by atoms with Crippen LogP contribution in [-0.2, 0) is 15.0 Å². The number of nitrogens with one attached hydrogen (secondary N) is 1. The molecule has 0 unspecified atom stereocenters. The van der Waals surface area contributed by atoms with Crippen LogP contribution in [0.1, 0.15) is 5.56 Å². The van der Waals surface area contributed by atoms with Crippen LogP contribution in [-0.4, -0.2) is 27.8 Å². The topological polar surface area (TPSA) is 94.1 Å². The molecular weight excluding hydrogens is 356 g/mol. The van der Waals surface area contributed by atoms with Gasteiger partial charge in [-0.25, -0.2) is 4.79 Å². The van der Waals surface area contributed by atoms with Crippen molar-refractivity contribution in [1.82, 2.24) is 4.72 Å². The van der Waals surface area contributed by atoms with Crippen LogP contribution in [0.3, 0.4) is 0 Å². The minimum atomic E-state index is -4.29. The first-order valence-electron chi connectivity index (χ1n) is 6.58. The number of methoxy groups -OCH3 is 1. The molecule has 0 aliphatic carbocycles. The monoisotopic (exact) mass is 368 g/mol. The van der Waals surface area contributed by atoms with Crippen molar-refractivity contribution in [2.24, 2.45) is 4.99 Å². The Morgan fingerprint density at radius 3 is 2.33 bits per heavy atom. The Bertz CT molecular complexity index is 833. The molecule has 0 saturated heterocycles. The summed E-state index contributed by atoms with van der Waals surface area (Å²) in [6, 6.07) is 13.1. The average Bonchev–Trinajstić information content (AvgIpc) is 2.55. The summed E-state index contributed by atoms with van der Waals surface area (Å²) in [5.41, 5.74) is 1.46. The standard InChI is InChI=1S/C15H13ClN2O5S/c1-22-15(19)18-24(20,21)23-14-8-2-11(3-9-14)10-17-13-6-4-12(16)5-7-13/h2-10H,1H3,(H,18,19). The maximum Gasteiger partial charge on any atom is 0.423 e. The third-order valence-electron chi connectivity index (χ3n) is 2.67. The smallest absolute Gasteiger partial charge is 0.423 e. The van der Waals surface area contributed by atoms with Gasteiger partial charge in [0, 0.05) is 11.2 Å². The van der Waals surface area contributed by atoms with Gasteiger partial charge >= 0.3 is 16.4 Å². The number of nitrogens with zero attached hydrogens (tertiary/aromatic N) is 1. The second-order valence-corrected chi connectivity index (χ2v) is 6.15. The van der Waals surface area contributed by atoms with Gasteiger partial charge in [0.1, 0.15) is 5.75 Å². The minimum absolute atomic E-state index is 0.0371. The second kappa shape index (κ2) is 7.80. The number of benzene rings is 2. The van der Waals surface area contributed by atoms with Crippen molar-refractivity contribution in [1.29, 1.82) is 0 Å². The molecule has 0 aromatic heterocycles. The fraction of sp³-hybridized carbons (Fsp3) is 0.0667. The van der Waals surface area contributed by atoms with Crippen molar-refractivity contribution >= 4 is 39.9 Å². The Kier molecular flexibility index (Phi) is 5.78. The number of hydrogen-bond donors (Lipinski definition) is 1. The zero-order valence-electron chi connectivity index (χ0n) is 12.5. The predicted octanol–water partition coefficient (Wildman–Crippen LogP) is 3.07. The summed E-state index contributed by atoms with van der Waals surface area (Å²) in [7, 11) is -3.25. The molecule has 0 bridgehead atoms. The number of aliphatic imine (C=N–C) groups is 1. The normalized spacial score (nSPS) is 11.2. The number of amides is 1. The predicted molar refractivity (Wildman–Crippen MR) is 90.2 cm³/mol. The van der Waals surface area contributed by atoms with Crippen LogP contribution in [0.25, 0.3) is 0 Å². The number of ether oxygens (including phenoxy) is 1. The summed E-state index contributed by atoms with van der Waals surface area (Å²) >= 11 is 5.79. The van der Waals surface area contributed by atoms with Gasteiger partial charge in [0.25, 0.3) is 0 Å². The van der Waals surface area contributed by atoms with Crippen molar-refractivity contribution in [2.75, 3.05) is 7.11 Å². The molecular formula is C15H13ClN2O5S. The summed E-state index contributed by atoms with van der Waals surface area (Å²) in [5.74, 6) is 0.0371. The first-order valence-corrected chi connectivity index (χ1v) is 8.36. The molecule has 0 fully saturated rings. The lowest BCUT2D eigenvalue weighted by Crippen LogP contribution is -2.33. The van der Waals surface area contributed by atoms with Crippen molar-refractivity contribution in [2.45, 2.75) is 0 Å². The molecule has 2 rings (SSSR count). The highest BCUT2D eigenvalue weighted by atomic mass is 35.5. The molecule has 0 aliphatic heterocycles. The van der Waals surface area contributed by atoms with E-state index in [0.717, 1.165) is 18.4 Å². The van der Waals surface area contributed by atoms with E-state index in [1.807, 2.05) is 0 Å². The molecule has 126 valence electrons. The van der Waals surface area contributed by atoms with Crippen LogP contribution in [0.15, 0.2) is 53.5 Å². The van der Waals surface area contributed by atoms with E-state index in [0.29, 0.717) is 5.02 Å². The molecule has 0 saturated carbocycles. The lowest BCUT2D eigenvalue weighted by Gasteiger charge is -2.07. The zero-order chi connectivity index (χ0) is 17.6. The maximum absolute atomic E-state index is 11.5. The van der Waals surface area contributed by atoms with E-state index in [2.05, 4.69) is 9.73 Å². The van der Waals surface area contributed by atoms with Gasteiger partial charge in [0.05, 0.1) is 12.8 Å². The molecule has 0 radical (unpaired) electrons. The highest BCUT2D eigenvalue weighted by molar-refractivity contribution is 7.85. The molecule has 2 aromatic carbocycles. The number of carbonyl (C=O) groups excluding carboxylic acids is 1. The Hall–Kier alpha value is -2.58. The highest BCUT2D eigenvalue weighted by Gasteiger charge is 2.16. The third kappa shape index (κ3) is 5.56. The lowest BCUT2D eigenvalue weighted by atomic mass is 10.2. The van der Waals surface area contributed by atoms with Crippen molar-refractivity contribution in [3.8, 4) is 5.75 Å². The summed E-state index contributed by atoms with van der Waals surface area (Å²) < 4.78 is 33.5. The van der Waals surface area contributed by atoms with E-state index >= 15 is 0 Å². The summed E-state index contributed by atoms with van der Waals surface area (Å²) in [6.45, 7) is 0. The van der Waals surface area contributed by atoms with Crippen molar-refractivity contribution in [3.63, 3.8) is 0 Å². The highest BCUT2D eigenvalue weighted by Crippen LogP contribution is 2.17. The molecule has 0 heterocycles. The fourth-order valence-electron chi connectivity index (χ4n) is 1.58. The van der Waals surface area contributed by atoms with E-state index in [4.69, 9.17) is 15.8 Å². The second-order valence-electron chi connectivity index (χ2n) is 4.43. The molecule has 0 atom stereocenters. The molecule has 1 amide bonds. The zero-order valence-corrected chi connectivity index (χ0v) is 14.0. The molecule has 1 N–H and O–H groups in total. The van der Waals surface area contributed by atoms with Gasteiger partial charge in [0.15, 0.2) is 0 Å². The number of hydrogen-bond acceptors (Lipinski definition) is 6. The summed E-state index contributed by atoms with van der Waals surface area (Å²) in [4.78, 5) is 15.2. The average molecular weight is 369 g/mol. The Morgan fingerprint density at radius 1 is 1.12 bits per heavy atom. The minimum Gasteiger partial charge on any atom is -0.452 e. The van der Waals surface area contributed by atoms with Gasteiger partial charge in [-0.3, -0.25) is 4.99 Å². The van der Waals surface area contributed by atoms with Gasteiger partial charge in [-0.1, -0.05) is 11.6 Å². The summed E-state index contributed by atoms with van der Waals surface area (Å²) in [5, 5.41) is 0.622. The van der Waals surface area contributed by atoms with Crippen LogP contribution in [0.4, 0.5) is 10.5 Å². The van der Waals surface area contributed by atoms with Crippen LogP contribution >= 0.6 is 11.6 Å². The molecule has 0 aliphatic rings. The first kappa shape index (κ1) is 17.8. The number of halogens is 1. The van der Waals surface area contributed by atoms with Crippen LogP contribution in [0.5, 0.6) is 5.75 Å². The van der Waals surface area contributed by atoms with Crippen LogP contribution < -0.4 is 8.91 Å². The van der Waals surface area contributed by atoms with E-state index < -0.39 is 16.4 Å².